The Morgan fingerprint density at radius 2 is 1.83 bits per heavy atom. The van der Waals surface area contributed by atoms with Crippen molar-refractivity contribution in [1.29, 1.82) is 0 Å². The Hall–Kier alpha value is -1.60. The molecule has 1 aromatic rings. The van der Waals surface area contributed by atoms with Gasteiger partial charge in [-0.05, 0) is 31.5 Å². The van der Waals surface area contributed by atoms with Gasteiger partial charge in [-0.1, -0.05) is 20.8 Å². The standard InChI is InChI=1S/C16H26N2O4S/c1-5-9-16(19)17-14-12-13(10-11-15(14)22-8-4)23(20,21)18(6-2)7-3/h10-12H,5-9H2,1-4H3,(H,17,19). The van der Waals surface area contributed by atoms with E-state index >= 15 is 0 Å². The molecule has 0 saturated heterocycles. The molecule has 0 radical (unpaired) electrons. The molecule has 0 aliphatic heterocycles. The highest BCUT2D eigenvalue weighted by Gasteiger charge is 2.23. The molecule has 0 saturated carbocycles. The number of sulfonamides is 1. The Morgan fingerprint density at radius 3 is 2.35 bits per heavy atom. The van der Waals surface area contributed by atoms with Gasteiger partial charge in [0, 0.05) is 19.5 Å². The van der Waals surface area contributed by atoms with Crippen molar-refractivity contribution < 1.29 is 17.9 Å². The first kappa shape index (κ1) is 19.4. The molecule has 1 N–H and O–H groups in total. The Kier molecular flexibility index (Phi) is 7.51. The fraction of sp³-hybridized carbons (Fsp3) is 0.562. The summed E-state index contributed by atoms with van der Waals surface area (Å²) < 4.78 is 32.0. The van der Waals surface area contributed by atoms with Crippen molar-refractivity contribution >= 4 is 21.6 Å². The molecule has 0 fully saturated rings. The van der Waals surface area contributed by atoms with Crippen LogP contribution in [0.25, 0.3) is 0 Å². The summed E-state index contributed by atoms with van der Waals surface area (Å²) in [6.07, 6.45) is 1.09. The number of anilines is 1. The highest BCUT2D eigenvalue weighted by Crippen LogP contribution is 2.29. The lowest BCUT2D eigenvalue weighted by Gasteiger charge is -2.20. The molecule has 6 nitrogen and oxygen atoms in total. The summed E-state index contributed by atoms with van der Waals surface area (Å²) in [7, 11) is -3.58. The normalized spacial score (nSPS) is 11.5. The maximum absolute atomic E-state index is 12.6. The van der Waals surface area contributed by atoms with Crippen LogP contribution in [-0.2, 0) is 14.8 Å². The van der Waals surface area contributed by atoms with Crippen LogP contribution >= 0.6 is 0 Å². The molecule has 1 rings (SSSR count). The fourth-order valence-corrected chi connectivity index (χ4v) is 3.69. The van der Waals surface area contributed by atoms with E-state index in [9.17, 15) is 13.2 Å². The Labute approximate surface area is 138 Å². The summed E-state index contributed by atoms with van der Waals surface area (Å²) in [5.74, 6) is 0.307. The second-order valence-electron chi connectivity index (χ2n) is 4.98. The molecule has 0 heterocycles. The SMILES string of the molecule is CCCC(=O)Nc1cc(S(=O)(=O)N(CC)CC)ccc1OCC. The van der Waals surface area contributed by atoms with Gasteiger partial charge in [0.1, 0.15) is 5.75 Å². The van der Waals surface area contributed by atoms with Crippen LogP contribution < -0.4 is 10.1 Å². The number of rotatable bonds is 9. The first-order valence-corrected chi connectivity index (χ1v) is 9.41. The number of benzene rings is 1. The number of nitrogens with zero attached hydrogens (tertiary/aromatic N) is 1. The van der Waals surface area contributed by atoms with Gasteiger partial charge in [0.15, 0.2) is 0 Å². The number of carbonyl (C=O) groups excluding carboxylic acids is 1. The summed E-state index contributed by atoms with van der Waals surface area (Å²) in [6, 6.07) is 4.56. The van der Waals surface area contributed by atoms with E-state index in [1.807, 2.05) is 13.8 Å². The first-order valence-electron chi connectivity index (χ1n) is 7.97. The molecule has 0 bridgehead atoms. The largest absolute Gasteiger partial charge is 0.492 e. The van der Waals surface area contributed by atoms with Gasteiger partial charge in [0.25, 0.3) is 0 Å². The minimum absolute atomic E-state index is 0.149. The van der Waals surface area contributed by atoms with Gasteiger partial charge < -0.3 is 10.1 Å². The second kappa shape index (κ2) is 8.88. The molecule has 1 amide bonds. The molecular weight excluding hydrogens is 316 g/mol. The second-order valence-corrected chi connectivity index (χ2v) is 6.92. The minimum Gasteiger partial charge on any atom is -0.492 e. The molecule has 0 aromatic heterocycles. The van der Waals surface area contributed by atoms with E-state index in [1.54, 1.807) is 19.9 Å². The summed E-state index contributed by atoms with van der Waals surface area (Å²) in [4.78, 5) is 12.0. The zero-order chi connectivity index (χ0) is 17.5. The Bertz CT molecular complexity index is 625. The Morgan fingerprint density at radius 1 is 1.17 bits per heavy atom. The van der Waals surface area contributed by atoms with Crippen LogP contribution in [-0.4, -0.2) is 38.3 Å². The van der Waals surface area contributed by atoms with Gasteiger partial charge >= 0.3 is 0 Å². The molecule has 7 heteroatoms. The smallest absolute Gasteiger partial charge is 0.243 e. The zero-order valence-electron chi connectivity index (χ0n) is 14.3. The van der Waals surface area contributed by atoms with Gasteiger partial charge in [-0.15, -0.1) is 0 Å². The number of amides is 1. The van der Waals surface area contributed by atoms with Crippen LogP contribution in [0.15, 0.2) is 23.1 Å². The van der Waals surface area contributed by atoms with Gasteiger partial charge in [-0.25, -0.2) is 8.42 Å². The molecule has 0 unspecified atom stereocenters. The highest BCUT2D eigenvalue weighted by molar-refractivity contribution is 7.89. The number of hydrogen-bond acceptors (Lipinski definition) is 4. The third kappa shape index (κ3) is 4.94. The van der Waals surface area contributed by atoms with Gasteiger partial charge in [0.05, 0.1) is 17.2 Å². The van der Waals surface area contributed by atoms with Gasteiger partial charge in [-0.3, -0.25) is 4.79 Å². The van der Waals surface area contributed by atoms with E-state index in [2.05, 4.69) is 5.32 Å². The van der Waals surface area contributed by atoms with Crippen LogP contribution in [0.4, 0.5) is 5.69 Å². The first-order chi connectivity index (χ1) is 10.9. The van der Waals surface area contributed by atoms with Crippen LogP contribution in [0.5, 0.6) is 5.75 Å². The van der Waals surface area contributed by atoms with E-state index in [4.69, 9.17) is 4.74 Å². The van der Waals surface area contributed by atoms with E-state index in [0.29, 0.717) is 44.0 Å². The van der Waals surface area contributed by atoms with Crippen molar-refractivity contribution in [2.75, 3.05) is 25.0 Å². The molecule has 1 aromatic carbocycles. The topological polar surface area (TPSA) is 75.7 Å². The van der Waals surface area contributed by atoms with Gasteiger partial charge in [0.2, 0.25) is 15.9 Å². The predicted molar refractivity (Wildman–Crippen MR) is 91.3 cm³/mol. The summed E-state index contributed by atoms with van der Waals surface area (Å²) in [5.41, 5.74) is 0.388. The number of ether oxygens (including phenoxy) is 1. The molecule has 23 heavy (non-hydrogen) atoms. The van der Waals surface area contributed by atoms with Crippen LogP contribution in [0, 0.1) is 0 Å². The predicted octanol–water partition coefficient (Wildman–Crippen LogP) is 2.85. The zero-order valence-corrected chi connectivity index (χ0v) is 15.1. The third-order valence-corrected chi connectivity index (χ3v) is 5.39. The van der Waals surface area contributed by atoms with E-state index in [0.717, 1.165) is 0 Å². The number of hydrogen-bond donors (Lipinski definition) is 1. The van der Waals surface area contributed by atoms with Crippen LogP contribution in [0.2, 0.25) is 0 Å². The fourth-order valence-electron chi connectivity index (χ4n) is 2.20. The quantitative estimate of drug-likeness (QED) is 0.749. The van der Waals surface area contributed by atoms with Gasteiger partial charge in [-0.2, -0.15) is 4.31 Å². The monoisotopic (exact) mass is 342 g/mol. The maximum Gasteiger partial charge on any atom is 0.243 e. The lowest BCUT2D eigenvalue weighted by atomic mass is 10.2. The average molecular weight is 342 g/mol. The molecular formula is C16H26N2O4S. The molecule has 130 valence electrons. The maximum atomic E-state index is 12.6. The number of carbonyl (C=O) groups is 1. The molecule has 0 aliphatic carbocycles. The average Bonchev–Trinajstić information content (AvgIpc) is 2.50. The minimum atomic E-state index is -3.58. The van der Waals surface area contributed by atoms with Crippen molar-refractivity contribution in [2.45, 2.75) is 45.4 Å². The highest BCUT2D eigenvalue weighted by atomic mass is 32.2. The summed E-state index contributed by atoms with van der Waals surface area (Å²) >= 11 is 0. The van der Waals surface area contributed by atoms with Crippen molar-refractivity contribution in [1.82, 2.24) is 4.31 Å². The van der Waals surface area contributed by atoms with Crippen molar-refractivity contribution in [2.24, 2.45) is 0 Å². The lowest BCUT2D eigenvalue weighted by molar-refractivity contribution is -0.116. The van der Waals surface area contributed by atoms with E-state index < -0.39 is 10.0 Å². The summed E-state index contributed by atoms with van der Waals surface area (Å²) in [6.45, 7) is 8.54. The van der Waals surface area contributed by atoms with Crippen LogP contribution in [0.3, 0.4) is 0 Å². The molecule has 0 spiro atoms. The third-order valence-electron chi connectivity index (χ3n) is 3.35. The Balaban J connectivity index is 3.24. The molecule has 0 aliphatic rings. The van der Waals surface area contributed by atoms with Crippen molar-refractivity contribution in [3.05, 3.63) is 18.2 Å². The van der Waals surface area contributed by atoms with Crippen molar-refractivity contribution in [3.8, 4) is 5.75 Å². The van der Waals surface area contributed by atoms with E-state index in [-0.39, 0.29) is 10.8 Å². The number of nitrogens with one attached hydrogen (secondary N) is 1. The lowest BCUT2D eigenvalue weighted by Crippen LogP contribution is -2.30. The van der Waals surface area contributed by atoms with Crippen molar-refractivity contribution in [3.63, 3.8) is 0 Å². The summed E-state index contributed by atoms with van der Waals surface area (Å²) in [5, 5.41) is 2.74. The van der Waals surface area contributed by atoms with Crippen LogP contribution in [0.1, 0.15) is 40.5 Å². The van der Waals surface area contributed by atoms with E-state index in [1.165, 1.54) is 16.4 Å². The molecule has 0 atom stereocenters.